The van der Waals surface area contributed by atoms with Crippen LogP contribution in [0.5, 0.6) is 0 Å². The third kappa shape index (κ3) is 9.21. The van der Waals surface area contributed by atoms with E-state index in [4.69, 9.17) is 21.3 Å². The molecule has 11 heteroatoms. The minimum absolute atomic E-state index is 0. The predicted octanol–water partition coefficient (Wildman–Crippen LogP) is 2.23. The number of sulfonamides is 1. The molecule has 0 spiro atoms. The van der Waals surface area contributed by atoms with Crippen LogP contribution in [-0.4, -0.2) is 86.3 Å². The molecule has 0 bridgehead atoms. The summed E-state index contributed by atoms with van der Waals surface area (Å²) in [4.78, 5) is 10.9. The summed E-state index contributed by atoms with van der Waals surface area (Å²) in [5.74, 6) is 0.837. The van der Waals surface area contributed by atoms with E-state index >= 15 is 0 Å². The van der Waals surface area contributed by atoms with Crippen LogP contribution in [-0.2, 0) is 21.2 Å². The molecule has 30 heavy (non-hydrogen) atoms. The maximum Gasteiger partial charge on any atom is 0.216 e. The highest BCUT2D eigenvalue weighted by molar-refractivity contribution is 14.0. The van der Waals surface area contributed by atoms with Crippen molar-refractivity contribution in [3.63, 3.8) is 0 Å². The van der Waals surface area contributed by atoms with Crippen LogP contribution in [0.15, 0.2) is 23.3 Å². The summed E-state index contributed by atoms with van der Waals surface area (Å²) < 4.78 is 31.9. The van der Waals surface area contributed by atoms with Crippen LogP contribution in [0.3, 0.4) is 0 Å². The van der Waals surface area contributed by atoms with Crippen LogP contribution in [0.1, 0.15) is 26.3 Å². The molecule has 0 atom stereocenters. The van der Waals surface area contributed by atoms with Crippen molar-refractivity contribution in [2.24, 2.45) is 4.99 Å². The molecule has 1 N–H and O–H groups in total. The van der Waals surface area contributed by atoms with Crippen LogP contribution in [0.2, 0.25) is 5.15 Å². The highest BCUT2D eigenvalue weighted by Crippen LogP contribution is 2.10. The van der Waals surface area contributed by atoms with E-state index in [-0.39, 0.29) is 42.4 Å². The van der Waals surface area contributed by atoms with Crippen molar-refractivity contribution in [1.82, 2.24) is 19.5 Å². The van der Waals surface area contributed by atoms with Crippen molar-refractivity contribution >= 4 is 51.6 Å². The monoisotopic (exact) mass is 573 g/mol. The van der Waals surface area contributed by atoms with E-state index in [9.17, 15) is 8.42 Å². The van der Waals surface area contributed by atoms with Gasteiger partial charge in [0, 0.05) is 45.5 Å². The van der Waals surface area contributed by atoms with Crippen molar-refractivity contribution in [3.05, 3.63) is 29.0 Å². The number of nitrogens with one attached hydrogen (secondary N) is 1. The molecule has 8 nitrogen and oxygen atoms in total. The van der Waals surface area contributed by atoms with Gasteiger partial charge in [-0.3, -0.25) is 4.99 Å². The minimum atomic E-state index is -3.29. The summed E-state index contributed by atoms with van der Waals surface area (Å²) in [6, 6.07) is 3.72. The maximum atomic E-state index is 12.5. The molecular weight excluding hydrogens is 541 g/mol. The molecule has 1 aliphatic rings. The highest BCUT2D eigenvalue weighted by Gasteiger charge is 2.27. The number of guanidine groups is 1. The number of hydrogen-bond donors (Lipinski definition) is 1. The van der Waals surface area contributed by atoms with Gasteiger partial charge in [-0.05, 0) is 38.8 Å². The maximum absolute atomic E-state index is 12.5. The van der Waals surface area contributed by atoms with Crippen molar-refractivity contribution in [3.8, 4) is 0 Å². The lowest BCUT2D eigenvalue weighted by molar-refractivity contribution is 0.0904. The molecule has 2 heterocycles. The lowest BCUT2D eigenvalue weighted by Gasteiger charge is -2.36. The second-order valence-electron chi connectivity index (χ2n) is 7.10. The van der Waals surface area contributed by atoms with Gasteiger partial charge in [0.25, 0.3) is 0 Å². The van der Waals surface area contributed by atoms with E-state index < -0.39 is 10.0 Å². The molecule has 0 aliphatic carbocycles. The van der Waals surface area contributed by atoms with E-state index in [0.717, 1.165) is 24.5 Å². The Kier molecular flexibility index (Phi) is 12.5. The molecule has 2 rings (SSSR count). The number of aliphatic imine (C=N–C) groups is 1. The number of nitrogens with zero attached hydrogens (tertiary/aromatic N) is 4. The molecular formula is C19H33ClIN5O3S. The van der Waals surface area contributed by atoms with Crippen LogP contribution < -0.4 is 5.32 Å². The van der Waals surface area contributed by atoms with E-state index in [1.165, 1.54) is 0 Å². The van der Waals surface area contributed by atoms with Crippen molar-refractivity contribution in [2.45, 2.75) is 33.3 Å². The second kappa shape index (κ2) is 13.7. The Morgan fingerprint density at radius 2 is 2.00 bits per heavy atom. The van der Waals surface area contributed by atoms with Gasteiger partial charge >= 0.3 is 0 Å². The number of pyridine rings is 1. The Morgan fingerprint density at radius 1 is 1.30 bits per heavy atom. The van der Waals surface area contributed by atoms with Crippen molar-refractivity contribution < 1.29 is 13.2 Å². The first-order valence-electron chi connectivity index (χ1n) is 10.0. The fraction of sp³-hybridized carbons (Fsp3) is 0.684. The number of hydrogen-bond acceptors (Lipinski definition) is 5. The van der Waals surface area contributed by atoms with Gasteiger partial charge in [0.2, 0.25) is 10.0 Å². The van der Waals surface area contributed by atoms with E-state index in [1.54, 1.807) is 16.6 Å². The lowest BCUT2D eigenvalue weighted by Crippen LogP contribution is -2.54. The first-order valence-corrected chi connectivity index (χ1v) is 12.0. The minimum Gasteiger partial charge on any atom is -0.378 e. The molecule has 1 saturated heterocycles. The molecule has 1 aromatic heterocycles. The summed E-state index contributed by atoms with van der Waals surface area (Å²) in [7, 11) is -3.29. The topological polar surface area (TPSA) is 87.1 Å². The third-order valence-corrected chi connectivity index (χ3v) is 6.57. The molecule has 172 valence electrons. The predicted molar refractivity (Wildman–Crippen MR) is 132 cm³/mol. The number of piperazine rings is 1. The molecule has 1 aromatic rings. The third-order valence-electron chi connectivity index (χ3n) is 4.51. The van der Waals surface area contributed by atoms with Gasteiger partial charge in [-0.15, -0.1) is 24.0 Å². The average Bonchev–Trinajstić information content (AvgIpc) is 2.68. The van der Waals surface area contributed by atoms with E-state index in [0.29, 0.717) is 37.9 Å². The summed E-state index contributed by atoms with van der Waals surface area (Å²) in [6.07, 6.45) is 2.56. The number of ether oxygens (including phenoxy) is 1. The van der Waals surface area contributed by atoms with Crippen LogP contribution in [0, 0.1) is 0 Å². The second-order valence-corrected chi connectivity index (χ2v) is 9.57. The van der Waals surface area contributed by atoms with Crippen molar-refractivity contribution in [1.29, 1.82) is 0 Å². The Morgan fingerprint density at radius 3 is 2.57 bits per heavy atom. The van der Waals surface area contributed by atoms with Crippen molar-refractivity contribution in [2.75, 3.05) is 51.6 Å². The average molecular weight is 574 g/mol. The standard InChI is InChI=1S/C19H32ClN5O3S.HI/c1-4-21-19(22-8-7-17-5-6-18(20)23-15-17)24-9-11-25(12-10-24)29(26,27)14-13-28-16(2)3;/h5-6,15-16H,4,7-14H2,1-3H3,(H,21,22);1H. The Labute approximate surface area is 202 Å². The quantitative estimate of drug-likeness (QED) is 0.211. The molecule has 0 saturated carbocycles. The van der Waals surface area contributed by atoms with Crippen LogP contribution in [0.4, 0.5) is 0 Å². The SMILES string of the molecule is CCNC(=NCCc1ccc(Cl)nc1)N1CCN(S(=O)(=O)CCOC(C)C)CC1.I. The zero-order valence-electron chi connectivity index (χ0n) is 17.9. The smallest absolute Gasteiger partial charge is 0.216 e. The number of halogens is 2. The molecule has 0 aromatic carbocycles. The molecule has 1 aliphatic heterocycles. The molecule has 0 amide bonds. The first kappa shape index (κ1) is 27.3. The summed E-state index contributed by atoms with van der Waals surface area (Å²) in [5, 5.41) is 3.78. The fourth-order valence-electron chi connectivity index (χ4n) is 2.97. The Bertz CT molecular complexity index is 754. The zero-order chi connectivity index (χ0) is 21.3. The van der Waals surface area contributed by atoms with Gasteiger partial charge in [0.05, 0.1) is 18.5 Å². The highest BCUT2D eigenvalue weighted by atomic mass is 127. The first-order chi connectivity index (χ1) is 13.8. The summed E-state index contributed by atoms with van der Waals surface area (Å²) in [5.41, 5.74) is 1.08. The van der Waals surface area contributed by atoms with Gasteiger partial charge < -0.3 is 15.0 Å². The van der Waals surface area contributed by atoms with Gasteiger partial charge in [0.1, 0.15) is 5.15 Å². The molecule has 0 radical (unpaired) electrons. The van der Waals surface area contributed by atoms with Gasteiger partial charge in [-0.2, -0.15) is 4.31 Å². The largest absolute Gasteiger partial charge is 0.378 e. The molecule has 0 unspecified atom stereocenters. The molecule has 1 fully saturated rings. The zero-order valence-corrected chi connectivity index (χ0v) is 21.8. The van der Waals surface area contributed by atoms with E-state index in [1.807, 2.05) is 26.8 Å². The lowest BCUT2D eigenvalue weighted by atomic mass is 10.2. The van der Waals surface area contributed by atoms with Gasteiger partial charge in [0.15, 0.2) is 5.96 Å². The Hall–Kier alpha value is -0.690. The number of aromatic nitrogens is 1. The van der Waals surface area contributed by atoms with Crippen LogP contribution >= 0.6 is 35.6 Å². The van der Waals surface area contributed by atoms with Crippen LogP contribution in [0.25, 0.3) is 0 Å². The number of rotatable bonds is 9. The Balaban J connectivity index is 0.00000450. The van der Waals surface area contributed by atoms with E-state index in [2.05, 4.69) is 15.2 Å². The van der Waals surface area contributed by atoms with Gasteiger partial charge in [-0.1, -0.05) is 17.7 Å². The summed E-state index contributed by atoms with van der Waals surface area (Å²) in [6.45, 7) is 9.55. The fourth-order valence-corrected chi connectivity index (χ4v) is 4.36. The normalized spacial score (nSPS) is 15.9. The summed E-state index contributed by atoms with van der Waals surface area (Å²) >= 11 is 5.82. The van der Waals surface area contributed by atoms with Gasteiger partial charge in [-0.25, -0.2) is 13.4 Å².